The number of hydrogen-bond acceptors (Lipinski definition) is 1. The Kier molecular flexibility index (Phi) is 1.66. The van der Waals surface area contributed by atoms with E-state index < -0.39 is 0 Å². The third kappa shape index (κ3) is 0.953. The van der Waals surface area contributed by atoms with Gasteiger partial charge in [0.1, 0.15) is 0 Å². The van der Waals surface area contributed by atoms with Gasteiger partial charge >= 0.3 is 0 Å². The van der Waals surface area contributed by atoms with E-state index in [2.05, 4.69) is 52.2 Å². The molecule has 50 valence electrons. The molecule has 0 spiro atoms. The zero-order valence-electron chi connectivity index (χ0n) is 5.17. The number of fused-ring (bicyclic) bond motifs is 1. The summed E-state index contributed by atoms with van der Waals surface area (Å²) in [7, 11) is 0. The van der Waals surface area contributed by atoms with Crippen molar-refractivity contribution in [2.24, 2.45) is 0 Å². The van der Waals surface area contributed by atoms with E-state index in [1.807, 2.05) is 0 Å². The Morgan fingerprint density at radius 3 is 2.90 bits per heavy atom. The van der Waals surface area contributed by atoms with E-state index in [4.69, 9.17) is 0 Å². The molecular weight excluding hydrogens is 255 g/mol. The number of hydrogen-bond donors (Lipinski definition) is 0. The van der Waals surface area contributed by atoms with Gasteiger partial charge in [0.15, 0.2) is 0 Å². The van der Waals surface area contributed by atoms with Crippen molar-refractivity contribution in [2.45, 2.75) is 0 Å². The summed E-state index contributed by atoms with van der Waals surface area (Å²) in [6.07, 6.45) is 0. The number of halogens is 1. The van der Waals surface area contributed by atoms with Crippen molar-refractivity contribution in [3.8, 4) is 11.1 Å². The maximum Gasteiger partial charge on any atom is 0.0731 e. The molecule has 0 aromatic heterocycles. The van der Waals surface area contributed by atoms with E-state index in [1.165, 1.54) is 14.0 Å². The summed E-state index contributed by atoms with van der Waals surface area (Å²) in [4.78, 5) is 0. The Morgan fingerprint density at radius 1 is 1.20 bits per heavy atom. The molecule has 0 fully saturated rings. The van der Waals surface area contributed by atoms with Crippen LogP contribution in [0.4, 0.5) is 0 Å². The summed E-state index contributed by atoms with van der Waals surface area (Å²) in [6, 6.07) is 8.56. The Hall–Kier alpha value is -0.0900. The van der Waals surface area contributed by atoms with Crippen LogP contribution >= 0.6 is 33.9 Å². The van der Waals surface area contributed by atoms with Crippen molar-refractivity contribution in [1.82, 2.24) is 0 Å². The Balaban J connectivity index is 2.80. The molecular formula is C8H5IS. The first kappa shape index (κ1) is 6.61. The predicted octanol–water partition coefficient (Wildman–Crippen LogP) is 3.46. The van der Waals surface area contributed by atoms with Crippen LogP contribution in [0.3, 0.4) is 0 Å². The second kappa shape index (κ2) is 2.51. The fourth-order valence-corrected chi connectivity index (χ4v) is 2.57. The van der Waals surface area contributed by atoms with Gasteiger partial charge in [-0.05, 0) is 39.6 Å². The van der Waals surface area contributed by atoms with Gasteiger partial charge in [0.05, 0.1) is 2.88 Å². The van der Waals surface area contributed by atoms with Crippen LogP contribution in [0.2, 0.25) is 0 Å². The minimum atomic E-state index is 1.35. The van der Waals surface area contributed by atoms with Crippen LogP contribution in [-0.2, 0) is 0 Å². The quantitative estimate of drug-likeness (QED) is 0.636. The van der Waals surface area contributed by atoms with Crippen molar-refractivity contribution in [3.63, 3.8) is 0 Å². The van der Waals surface area contributed by atoms with Crippen LogP contribution in [0, 0.1) is 2.88 Å². The molecule has 0 nitrogen and oxygen atoms in total. The summed E-state index contributed by atoms with van der Waals surface area (Å²) >= 11 is 4.16. The van der Waals surface area contributed by atoms with E-state index in [9.17, 15) is 0 Å². The third-order valence-electron chi connectivity index (χ3n) is 1.48. The molecule has 2 rings (SSSR count). The maximum atomic E-state index is 2.37. The van der Waals surface area contributed by atoms with Crippen molar-refractivity contribution in [3.05, 3.63) is 32.5 Å². The van der Waals surface area contributed by atoms with Gasteiger partial charge < -0.3 is 0 Å². The summed E-state index contributed by atoms with van der Waals surface area (Å²) in [6.45, 7) is 0. The Labute approximate surface area is 77.4 Å². The van der Waals surface area contributed by atoms with Gasteiger partial charge in [-0.25, -0.2) is 0 Å². The zero-order valence-corrected chi connectivity index (χ0v) is 8.15. The molecule has 0 unspecified atom stereocenters. The summed E-state index contributed by atoms with van der Waals surface area (Å²) in [5.41, 5.74) is 2.73. The smallest absolute Gasteiger partial charge is 0.0731 e. The lowest BCUT2D eigenvalue weighted by molar-refractivity contribution is 1.80. The molecule has 10 heavy (non-hydrogen) atoms. The van der Waals surface area contributed by atoms with Crippen molar-refractivity contribution in [1.29, 1.82) is 0 Å². The van der Waals surface area contributed by atoms with E-state index >= 15 is 0 Å². The molecule has 1 heterocycles. The summed E-state index contributed by atoms with van der Waals surface area (Å²) < 4.78 is 1.38. The van der Waals surface area contributed by atoms with Crippen molar-refractivity contribution in [2.75, 3.05) is 0 Å². The van der Waals surface area contributed by atoms with Crippen LogP contribution in [-0.4, -0.2) is 0 Å². The normalized spacial score (nSPS) is 10.5. The van der Waals surface area contributed by atoms with Crippen LogP contribution < -0.4 is 0 Å². The molecule has 2 heteroatoms. The topological polar surface area (TPSA) is 0 Å². The highest BCUT2D eigenvalue weighted by Crippen LogP contribution is 2.30. The zero-order chi connectivity index (χ0) is 6.97. The first-order chi connectivity index (χ1) is 4.88. The standard InChI is InChI=1S/C8H5IS/c9-8-7-3-1-2-6(7)4-5-10-8/h1-5H. The molecule has 1 aliphatic carbocycles. The predicted molar refractivity (Wildman–Crippen MR) is 53.7 cm³/mol. The largest absolute Gasteiger partial charge is 0.137 e. The second-order valence-electron chi connectivity index (χ2n) is 2.09. The molecule has 0 aromatic carbocycles. The lowest BCUT2D eigenvalue weighted by Crippen LogP contribution is -1.72. The summed E-state index contributed by atoms with van der Waals surface area (Å²) in [5.74, 6) is 0. The first-order valence-electron chi connectivity index (χ1n) is 2.99. The minimum absolute atomic E-state index is 1.35. The average Bonchev–Trinajstić information content (AvgIpc) is 2.36. The molecule has 0 saturated heterocycles. The number of rotatable bonds is 0. The van der Waals surface area contributed by atoms with E-state index in [1.54, 1.807) is 11.3 Å². The van der Waals surface area contributed by atoms with Gasteiger partial charge in [0, 0.05) is 5.56 Å². The Bertz CT molecular complexity index is 313. The van der Waals surface area contributed by atoms with Crippen molar-refractivity contribution < 1.29 is 0 Å². The van der Waals surface area contributed by atoms with Crippen LogP contribution in [0.1, 0.15) is 0 Å². The molecule has 2 aliphatic rings. The van der Waals surface area contributed by atoms with E-state index in [-0.39, 0.29) is 0 Å². The molecule has 0 amide bonds. The fraction of sp³-hybridized carbons (Fsp3) is 0. The molecule has 0 radical (unpaired) electrons. The Morgan fingerprint density at radius 2 is 2.10 bits per heavy atom. The lowest BCUT2D eigenvalue weighted by atomic mass is 10.2. The second-order valence-corrected chi connectivity index (χ2v) is 4.82. The van der Waals surface area contributed by atoms with Gasteiger partial charge in [-0.3, -0.25) is 0 Å². The molecule has 0 atom stereocenters. The van der Waals surface area contributed by atoms with Gasteiger partial charge in [0.2, 0.25) is 0 Å². The molecule has 0 aromatic rings. The van der Waals surface area contributed by atoms with E-state index in [0.29, 0.717) is 0 Å². The van der Waals surface area contributed by atoms with Gasteiger partial charge in [-0.1, -0.05) is 18.2 Å². The van der Waals surface area contributed by atoms with Gasteiger partial charge in [0.25, 0.3) is 0 Å². The van der Waals surface area contributed by atoms with Gasteiger partial charge in [-0.15, -0.1) is 11.3 Å². The van der Waals surface area contributed by atoms with Crippen LogP contribution in [0.5, 0.6) is 0 Å². The molecule has 0 saturated carbocycles. The highest BCUT2D eigenvalue weighted by molar-refractivity contribution is 14.1. The van der Waals surface area contributed by atoms with Crippen molar-refractivity contribution >= 4 is 33.9 Å². The van der Waals surface area contributed by atoms with E-state index in [0.717, 1.165) is 0 Å². The fourth-order valence-electron chi connectivity index (χ4n) is 0.989. The molecule has 1 aliphatic heterocycles. The highest BCUT2D eigenvalue weighted by atomic mass is 127. The SMILES string of the molecule is Ic1sccc2cccc1-2. The van der Waals surface area contributed by atoms with Crippen LogP contribution in [0.15, 0.2) is 29.6 Å². The molecule has 0 N–H and O–H groups in total. The third-order valence-corrected chi connectivity index (χ3v) is 3.52. The summed E-state index contributed by atoms with van der Waals surface area (Å²) in [5, 5.41) is 2.13. The highest BCUT2D eigenvalue weighted by Gasteiger charge is 2.03. The molecule has 0 bridgehead atoms. The lowest BCUT2D eigenvalue weighted by Gasteiger charge is -1.97. The maximum absolute atomic E-state index is 2.37. The van der Waals surface area contributed by atoms with Gasteiger partial charge in [-0.2, -0.15) is 0 Å². The monoisotopic (exact) mass is 260 g/mol. The first-order valence-corrected chi connectivity index (χ1v) is 4.95. The van der Waals surface area contributed by atoms with Crippen LogP contribution in [0.25, 0.3) is 11.1 Å². The minimum Gasteiger partial charge on any atom is -0.137 e. The average molecular weight is 260 g/mol.